The highest BCUT2D eigenvalue weighted by molar-refractivity contribution is 9.10. The van der Waals surface area contributed by atoms with E-state index in [4.69, 9.17) is 11.6 Å². The molecule has 13 heavy (non-hydrogen) atoms. The Bertz CT molecular complexity index is 452. The summed E-state index contributed by atoms with van der Waals surface area (Å²) in [6.07, 6.45) is 2.02. The predicted octanol–water partition coefficient (Wildman–Crippen LogP) is 4.31. The average molecular weight is 277 g/mol. The van der Waals surface area contributed by atoms with Crippen LogP contribution in [0.5, 0.6) is 0 Å². The molecule has 0 radical (unpaired) electrons. The summed E-state index contributed by atoms with van der Waals surface area (Å²) in [5.41, 5.74) is 1.08. The number of hydrogen-bond acceptors (Lipinski definition) is 1. The monoisotopic (exact) mass is 275 g/mol. The second-order valence-electron chi connectivity index (χ2n) is 2.66. The van der Waals surface area contributed by atoms with Gasteiger partial charge in [0.2, 0.25) is 0 Å². The summed E-state index contributed by atoms with van der Waals surface area (Å²) in [5.74, 6) is 0. The molecule has 68 valence electrons. The van der Waals surface area contributed by atoms with Crippen molar-refractivity contribution in [2.75, 3.05) is 6.26 Å². The van der Waals surface area contributed by atoms with Crippen LogP contribution in [0.1, 0.15) is 0 Å². The Morgan fingerprint density at radius 2 is 2.23 bits per heavy atom. The highest BCUT2D eigenvalue weighted by atomic mass is 79.9. The molecule has 0 aliphatic rings. The van der Waals surface area contributed by atoms with Crippen molar-refractivity contribution in [3.63, 3.8) is 0 Å². The number of aromatic amines is 1. The third-order valence-corrected chi connectivity index (χ3v) is 3.60. The third-order valence-electron chi connectivity index (χ3n) is 1.87. The first-order valence-corrected chi connectivity index (χ1v) is 6.12. The number of H-pyrrole nitrogens is 1. The summed E-state index contributed by atoms with van der Waals surface area (Å²) in [6.45, 7) is 0. The van der Waals surface area contributed by atoms with E-state index in [1.807, 2.05) is 18.4 Å². The van der Waals surface area contributed by atoms with Gasteiger partial charge >= 0.3 is 0 Å². The quantitative estimate of drug-likeness (QED) is 0.768. The minimum Gasteiger partial charge on any atom is -0.345 e. The van der Waals surface area contributed by atoms with Gasteiger partial charge in [-0.3, -0.25) is 0 Å². The molecule has 1 heterocycles. The summed E-state index contributed by atoms with van der Waals surface area (Å²) >= 11 is 11.1. The number of rotatable bonds is 1. The number of thioether (sulfide) groups is 1. The molecule has 1 aromatic carbocycles. The maximum Gasteiger partial charge on any atom is 0.121 e. The van der Waals surface area contributed by atoms with Gasteiger partial charge in [0.1, 0.15) is 5.15 Å². The van der Waals surface area contributed by atoms with Crippen LogP contribution in [0.4, 0.5) is 0 Å². The first kappa shape index (κ1) is 9.44. The van der Waals surface area contributed by atoms with Crippen molar-refractivity contribution in [1.29, 1.82) is 0 Å². The summed E-state index contributed by atoms with van der Waals surface area (Å²) in [7, 11) is 0. The van der Waals surface area contributed by atoms with Crippen LogP contribution in [0.25, 0.3) is 10.9 Å². The Kier molecular flexibility index (Phi) is 2.58. The molecule has 2 aromatic rings. The summed E-state index contributed by atoms with van der Waals surface area (Å²) in [6, 6.07) is 6.09. The van der Waals surface area contributed by atoms with Gasteiger partial charge in [-0.25, -0.2) is 0 Å². The highest BCUT2D eigenvalue weighted by Crippen LogP contribution is 2.34. The van der Waals surface area contributed by atoms with E-state index in [0.29, 0.717) is 0 Å². The van der Waals surface area contributed by atoms with Crippen molar-refractivity contribution in [2.24, 2.45) is 0 Å². The van der Waals surface area contributed by atoms with E-state index < -0.39 is 0 Å². The van der Waals surface area contributed by atoms with Gasteiger partial charge < -0.3 is 4.98 Å². The van der Waals surface area contributed by atoms with Gasteiger partial charge in [0.05, 0.1) is 4.90 Å². The number of benzene rings is 1. The first-order chi connectivity index (χ1) is 6.22. The predicted molar refractivity (Wildman–Crippen MR) is 62.8 cm³/mol. The molecule has 0 unspecified atom stereocenters. The summed E-state index contributed by atoms with van der Waals surface area (Å²) < 4.78 is 1.07. The van der Waals surface area contributed by atoms with E-state index in [-0.39, 0.29) is 0 Å². The lowest BCUT2D eigenvalue weighted by Crippen LogP contribution is -1.68. The molecule has 1 nitrogen and oxygen atoms in total. The topological polar surface area (TPSA) is 15.8 Å². The van der Waals surface area contributed by atoms with E-state index in [2.05, 4.69) is 27.0 Å². The van der Waals surface area contributed by atoms with Gasteiger partial charge in [-0.15, -0.1) is 11.8 Å². The van der Waals surface area contributed by atoms with Crippen LogP contribution >= 0.6 is 39.3 Å². The fraction of sp³-hybridized carbons (Fsp3) is 0.111. The van der Waals surface area contributed by atoms with Crippen molar-refractivity contribution in [3.8, 4) is 0 Å². The lowest BCUT2D eigenvalue weighted by Gasteiger charge is -1.94. The molecule has 4 heteroatoms. The fourth-order valence-corrected chi connectivity index (χ4v) is 2.72. The highest BCUT2D eigenvalue weighted by Gasteiger charge is 2.08. The zero-order valence-corrected chi connectivity index (χ0v) is 10.1. The molecule has 0 saturated carbocycles. The van der Waals surface area contributed by atoms with E-state index in [1.54, 1.807) is 11.8 Å². The van der Waals surface area contributed by atoms with Gasteiger partial charge in [-0.1, -0.05) is 27.5 Å². The molecule has 1 N–H and O–H groups in total. The minimum absolute atomic E-state index is 0.723. The van der Waals surface area contributed by atoms with Crippen molar-refractivity contribution < 1.29 is 0 Å². The molecule has 0 saturated heterocycles. The van der Waals surface area contributed by atoms with Crippen LogP contribution in [0.15, 0.2) is 27.6 Å². The SMILES string of the molecule is CSc1c(Cl)[nH]c2ccc(Br)cc12. The zero-order chi connectivity index (χ0) is 9.42. The molecule has 0 aliphatic carbocycles. The maximum atomic E-state index is 6.03. The lowest BCUT2D eigenvalue weighted by molar-refractivity contribution is 1.42. The standard InChI is InChI=1S/C9H7BrClNS/c1-13-8-6-4-5(10)2-3-7(6)12-9(8)11/h2-4,12H,1H3. The largest absolute Gasteiger partial charge is 0.345 e. The first-order valence-electron chi connectivity index (χ1n) is 3.73. The van der Waals surface area contributed by atoms with Crippen LogP contribution in [0.2, 0.25) is 5.15 Å². The van der Waals surface area contributed by atoms with Crippen LogP contribution < -0.4 is 0 Å². The van der Waals surface area contributed by atoms with E-state index in [1.165, 1.54) is 5.39 Å². The molecule has 1 aromatic heterocycles. The summed E-state index contributed by atoms with van der Waals surface area (Å²) in [5, 5.41) is 1.90. The Hall–Kier alpha value is -0.120. The Labute approximate surface area is 94.0 Å². The summed E-state index contributed by atoms with van der Waals surface area (Å²) in [4.78, 5) is 4.24. The number of nitrogens with one attached hydrogen (secondary N) is 1. The Morgan fingerprint density at radius 1 is 1.46 bits per heavy atom. The molecular weight excluding hydrogens is 270 g/mol. The van der Waals surface area contributed by atoms with Crippen LogP contribution in [-0.2, 0) is 0 Å². The van der Waals surface area contributed by atoms with Gasteiger partial charge in [0, 0.05) is 15.4 Å². The molecule has 0 amide bonds. The number of fused-ring (bicyclic) bond motifs is 1. The molecular formula is C9H7BrClNS. The van der Waals surface area contributed by atoms with Crippen molar-refractivity contribution in [1.82, 2.24) is 4.98 Å². The smallest absolute Gasteiger partial charge is 0.121 e. The molecule has 0 bridgehead atoms. The zero-order valence-electron chi connectivity index (χ0n) is 6.90. The molecule has 0 aliphatic heterocycles. The van der Waals surface area contributed by atoms with Crippen molar-refractivity contribution >= 4 is 50.2 Å². The molecule has 2 rings (SSSR count). The molecule has 0 spiro atoms. The van der Waals surface area contributed by atoms with Gasteiger partial charge in [-0.2, -0.15) is 0 Å². The Morgan fingerprint density at radius 3 is 2.92 bits per heavy atom. The number of hydrogen-bond donors (Lipinski definition) is 1. The van der Waals surface area contributed by atoms with Gasteiger partial charge in [-0.05, 0) is 24.5 Å². The normalized spacial score (nSPS) is 11.0. The van der Waals surface area contributed by atoms with E-state index >= 15 is 0 Å². The second-order valence-corrected chi connectivity index (χ2v) is 4.77. The average Bonchev–Trinajstić information content (AvgIpc) is 2.40. The molecule has 0 atom stereocenters. The fourth-order valence-electron chi connectivity index (χ4n) is 1.31. The van der Waals surface area contributed by atoms with Crippen molar-refractivity contribution in [3.05, 3.63) is 27.8 Å². The van der Waals surface area contributed by atoms with Crippen LogP contribution in [-0.4, -0.2) is 11.2 Å². The maximum absolute atomic E-state index is 6.03. The second kappa shape index (κ2) is 3.56. The van der Waals surface area contributed by atoms with Gasteiger partial charge in [0.15, 0.2) is 0 Å². The Balaban J connectivity index is 2.80. The number of halogens is 2. The number of aromatic nitrogens is 1. The van der Waals surface area contributed by atoms with E-state index in [9.17, 15) is 0 Å². The third kappa shape index (κ3) is 1.60. The lowest BCUT2D eigenvalue weighted by atomic mass is 10.2. The van der Waals surface area contributed by atoms with Crippen LogP contribution in [0.3, 0.4) is 0 Å². The minimum atomic E-state index is 0.723. The molecule has 0 fully saturated rings. The van der Waals surface area contributed by atoms with Gasteiger partial charge in [0.25, 0.3) is 0 Å². The van der Waals surface area contributed by atoms with E-state index in [0.717, 1.165) is 20.0 Å². The van der Waals surface area contributed by atoms with Crippen LogP contribution in [0, 0.1) is 0 Å². The van der Waals surface area contributed by atoms with Crippen molar-refractivity contribution in [2.45, 2.75) is 4.90 Å².